The minimum absolute atomic E-state index is 0.00999. The molecule has 2 N–H and O–H groups in total. The van der Waals surface area contributed by atoms with Crippen LogP contribution in [-0.2, 0) is 19.1 Å². The first kappa shape index (κ1) is 21.4. The summed E-state index contributed by atoms with van der Waals surface area (Å²) in [5, 5.41) is 0.331. The van der Waals surface area contributed by atoms with Crippen LogP contribution in [0, 0.1) is 5.82 Å². The maximum atomic E-state index is 14.5. The third-order valence-electron chi connectivity index (χ3n) is 3.68. The largest absolute Gasteiger partial charge is 0.464 e. The van der Waals surface area contributed by atoms with E-state index in [-0.39, 0.29) is 35.7 Å². The zero-order valence-electron chi connectivity index (χ0n) is 15.4. The van der Waals surface area contributed by atoms with E-state index in [1.165, 1.54) is 30.3 Å². The molecule has 0 amide bonds. The molecule has 148 valence electrons. The fraction of sp³-hybridized carbons (Fsp3) is 0.250. The van der Waals surface area contributed by atoms with Gasteiger partial charge in [0.1, 0.15) is 5.82 Å². The van der Waals surface area contributed by atoms with E-state index in [0.29, 0.717) is 5.02 Å². The molecule has 6 nitrogen and oxygen atoms in total. The topological polar surface area (TPSA) is 91.0 Å². The van der Waals surface area contributed by atoms with E-state index in [4.69, 9.17) is 26.8 Å². The van der Waals surface area contributed by atoms with E-state index >= 15 is 0 Å². The second-order valence-electron chi connectivity index (χ2n) is 5.60. The molecule has 0 spiro atoms. The fourth-order valence-corrected chi connectivity index (χ4v) is 2.62. The average molecular weight is 407 g/mol. The fourth-order valence-electron chi connectivity index (χ4n) is 2.44. The van der Waals surface area contributed by atoms with Gasteiger partial charge in [-0.25, -0.2) is 14.0 Å². The summed E-state index contributed by atoms with van der Waals surface area (Å²) in [4.78, 5) is 28.8. The number of hydrogen-bond acceptors (Lipinski definition) is 6. The molecule has 0 aromatic heterocycles. The molecule has 28 heavy (non-hydrogen) atoms. The molecule has 0 fully saturated rings. The number of aliphatic imine (C=N–C) groups is 1. The number of nitrogens with zero attached hydrogens (tertiary/aromatic N) is 1. The number of carbonyl (C=O) groups excluding carboxylic acids is 2. The highest BCUT2D eigenvalue weighted by Crippen LogP contribution is 2.24. The Morgan fingerprint density at radius 2 is 1.68 bits per heavy atom. The normalized spacial score (nSPS) is 11.4. The number of carbonyl (C=O) groups is 2. The molecule has 0 aliphatic heterocycles. The summed E-state index contributed by atoms with van der Waals surface area (Å²) in [7, 11) is 0. The van der Waals surface area contributed by atoms with E-state index in [1.807, 2.05) is 0 Å². The van der Waals surface area contributed by atoms with E-state index in [9.17, 15) is 14.0 Å². The molecular weight excluding hydrogens is 387 g/mol. The minimum Gasteiger partial charge on any atom is -0.464 e. The van der Waals surface area contributed by atoms with Gasteiger partial charge in [0, 0.05) is 21.8 Å². The molecule has 8 heteroatoms. The van der Waals surface area contributed by atoms with Gasteiger partial charge in [-0.1, -0.05) is 23.7 Å². The smallest absolute Gasteiger partial charge is 0.342 e. The Balaban J connectivity index is 2.71. The van der Waals surface area contributed by atoms with Crippen LogP contribution in [0.2, 0.25) is 5.02 Å². The average Bonchev–Trinajstić information content (AvgIpc) is 2.66. The third-order valence-corrected chi connectivity index (χ3v) is 3.91. The Labute approximate surface area is 167 Å². The molecule has 0 radical (unpaired) electrons. The molecule has 2 aromatic carbocycles. The Morgan fingerprint density at radius 3 is 2.25 bits per heavy atom. The van der Waals surface area contributed by atoms with Gasteiger partial charge in [0.15, 0.2) is 0 Å². The zero-order valence-corrected chi connectivity index (χ0v) is 16.2. The van der Waals surface area contributed by atoms with Crippen molar-refractivity contribution in [2.75, 3.05) is 18.9 Å². The first-order valence-electron chi connectivity index (χ1n) is 8.60. The summed E-state index contributed by atoms with van der Waals surface area (Å²) in [5.41, 5.74) is 6.59. The van der Waals surface area contributed by atoms with Crippen molar-refractivity contribution in [1.29, 1.82) is 0 Å². The van der Waals surface area contributed by atoms with Crippen LogP contribution < -0.4 is 5.73 Å². The van der Waals surface area contributed by atoms with Crippen LogP contribution in [0.4, 0.5) is 10.1 Å². The molecule has 0 bridgehead atoms. The predicted molar refractivity (Wildman–Crippen MR) is 105 cm³/mol. The van der Waals surface area contributed by atoms with E-state index in [1.54, 1.807) is 26.0 Å². The number of nitrogen functional groups attached to an aromatic ring is 1. The lowest BCUT2D eigenvalue weighted by atomic mass is 9.99. The second-order valence-corrected chi connectivity index (χ2v) is 6.03. The predicted octanol–water partition coefficient (Wildman–Crippen LogP) is 3.39. The first-order valence-corrected chi connectivity index (χ1v) is 8.98. The van der Waals surface area contributed by atoms with Crippen LogP contribution in [0.25, 0.3) is 0 Å². The molecule has 0 unspecified atom stereocenters. The number of esters is 2. The molecule has 2 rings (SSSR count). The van der Waals surface area contributed by atoms with Gasteiger partial charge in [-0.15, -0.1) is 0 Å². The maximum Gasteiger partial charge on any atom is 0.342 e. The van der Waals surface area contributed by atoms with Crippen molar-refractivity contribution in [2.24, 2.45) is 4.99 Å². The monoisotopic (exact) mass is 406 g/mol. The Hall–Kier alpha value is -2.93. The number of hydrogen-bond donors (Lipinski definition) is 1. The molecule has 0 saturated heterocycles. The number of ether oxygens (including phenoxy) is 2. The number of anilines is 1. The number of halogens is 2. The van der Waals surface area contributed by atoms with Crippen LogP contribution in [0.15, 0.2) is 47.5 Å². The molecule has 0 saturated carbocycles. The first-order chi connectivity index (χ1) is 13.4. The van der Waals surface area contributed by atoms with Crippen LogP contribution in [0.5, 0.6) is 0 Å². The lowest BCUT2D eigenvalue weighted by Gasteiger charge is -2.16. The van der Waals surface area contributed by atoms with Gasteiger partial charge in [0.05, 0.1) is 18.9 Å². The van der Waals surface area contributed by atoms with Gasteiger partial charge in [-0.3, -0.25) is 4.99 Å². The minimum atomic E-state index is -1.63. The van der Waals surface area contributed by atoms with Crippen molar-refractivity contribution in [3.63, 3.8) is 0 Å². The van der Waals surface area contributed by atoms with E-state index in [0.717, 1.165) is 0 Å². The molecule has 0 aliphatic carbocycles. The summed E-state index contributed by atoms with van der Waals surface area (Å²) in [6.45, 7) is 3.27. The Bertz CT molecular complexity index is 884. The Kier molecular flexibility index (Phi) is 7.52. The highest BCUT2D eigenvalue weighted by Gasteiger charge is 2.31. The van der Waals surface area contributed by atoms with Crippen molar-refractivity contribution in [1.82, 2.24) is 0 Å². The highest BCUT2D eigenvalue weighted by molar-refractivity contribution is 6.31. The van der Waals surface area contributed by atoms with Crippen LogP contribution >= 0.6 is 11.6 Å². The van der Waals surface area contributed by atoms with Gasteiger partial charge in [-0.2, -0.15) is 0 Å². The third kappa shape index (κ3) is 5.07. The van der Waals surface area contributed by atoms with Crippen LogP contribution in [0.3, 0.4) is 0 Å². The molecular formula is C20H20ClFN2O4. The van der Waals surface area contributed by atoms with Gasteiger partial charge >= 0.3 is 11.9 Å². The van der Waals surface area contributed by atoms with Crippen molar-refractivity contribution >= 4 is 34.9 Å². The zero-order chi connectivity index (χ0) is 20.7. The van der Waals surface area contributed by atoms with Gasteiger partial charge in [-0.05, 0) is 44.2 Å². The van der Waals surface area contributed by atoms with Crippen LogP contribution in [-0.4, -0.2) is 36.9 Å². The second kappa shape index (κ2) is 9.85. The number of rotatable bonds is 7. The van der Waals surface area contributed by atoms with E-state index in [2.05, 4.69) is 4.99 Å². The lowest BCUT2D eigenvalue weighted by molar-refractivity contribution is -0.156. The summed E-state index contributed by atoms with van der Waals surface area (Å²) in [5.74, 6) is -2.42. The molecule has 0 atom stereocenters. The van der Waals surface area contributed by atoms with Gasteiger partial charge in [0.2, 0.25) is 6.04 Å². The number of benzene rings is 2. The van der Waals surface area contributed by atoms with E-state index < -0.39 is 23.8 Å². The summed E-state index contributed by atoms with van der Waals surface area (Å²) < 4.78 is 24.4. The van der Waals surface area contributed by atoms with Crippen LogP contribution in [0.1, 0.15) is 25.0 Å². The van der Waals surface area contributed by atoms with Crippen molar-refractivity contribution in [3.05, 3.63) is 64.4 Å². The lowest BCUT2D eigenvalue weighted by Crippen LogP contribution is -2.33. The summed E-state index contributed by atoms with van der Waals surface area (Å²) in [6, 6.07) is 8.73. The SMILES string of the molecule is CCOC(=O)C(/N=C(\c1cc(Cl)ccc1N)c1ccccc1F)C(=O)OCC. The molecule has 0 aliphatic rings. The quantitative estimate of drug-likeness (QED) is 0.329. The summed E-state index contributed by atoms with van der Waals surface area (Å²) in [6.07, 6.45) is 0. The molecule has 2 aromatic rings. The number of nitrogens with two attached hydrogens (primary N) is 1. The maximum absolute atomic E-state index is 14.5. The van der Waals surface area contributed by atoms with Crippen molar-refractivity contribution in [3.8, 4) is 0 Å². The van der Waals surface area contributed by atoms with Gasteiger partial charge < -0.3 is 15.2 Å². The summed E-state index contributed by atoms with van der Waals surface area (Å²) >= 11 is 6.06. The van der Waals surface area contributed by atoms with Crippen molar-refractivity contribution in [2.45, 2.75) is 19.9 Å². The molecule has 0 heterocycles. The Morgan fingerprint density at radius 1 is 1.07 bits per heavy atom. The standard InChI is InChI=1S/C20H20ClFN2O4/c1-3-27-19(25)18(20(26)28-4-2)24-17(13-7-5-6-8-15(13)22)14-11-12(21)9-10-16(14)23/h5-11,18H,3-4,23H2,1-2H3/b24-17-. The van der Waals surface area contributed by atoms with Crippen molar-refractivity contribution < 1.29 is 23.5 Å². The highest BCUT2D eigenvalue weighted by atomic mass is 35.5. The van der Waals surface area contributed by atoms with Gasteiger partial charge in [0.25, 0.3) is 0 Å².